The number of methoxy groups -OCH3 is 1. The van der Waals surface area contributed by atoms with Crippen LogP contribution in [0, 0.1) is 29.1 Å². The number of ether oxygens (including phenoxy) is 3. The zero-order valence-corrected chi connectivity index (χ0v) is 23.1. The van der Waals surface area contributed by atoms with Crippen molar-refractivity contribution in [2.75, 3.05) is 13.7 Å². The van der Waals surface area contributed by atoms with Gasteiger partial charge in [-0.1, -0.05) is 46.8 Å². The molecule has 0 heterocycles. The second kappa shape index (κ2) is 9.31. The number of carbonyl (C=O) groups is 3. The van der Waals surface area contributed by atoms with Crippen molar-refractivity contribution in [1.29, 1.82) is 0 Å². The minimum absolute atomic E-state index is 0.138. The number of esters is 2. The highest BCUT2D eigenvalue weighted by molar-refractivity contribution is 6.05. The lowest BCUT2D eigenvalue weighted by atomic mass is 9.59. The van der Waals surface area contributed by atoms with Gasteiger partial charge < -0.3 is 24.4 Å². The van der Waals surface area contributed by atoms with Crippen molar-refractivity contribution in [3.8, 4) is 0 Å². The average molecular weight is 519 g/mol. The van der Waals surface area contributed by atoms with Gasteiger partial charge in [-0.15, -0.1) is 0 Å². The van der Waals surface area contributed by atoms with Crippen molar-refractivity contribution in [3.05, 3.63) is 23.3 Å². The molecular formula is C29H42O8. The topological polar surface area (TPSA) is 119 Å². The fourth-order valence-electron chi connectivity index (χ4n) is 7.93. The predicted molar refractivity (Wildman–Crippen MR) is 135 cm³/mol. The van der Waals surface area contributed by atoms with Crippen LogP contribution in [0.3, 0.4) is 0 Å². The summed E-state index contributed by atoms with van der Waals surface area (Å²) in [5.41, 5.74) is -3.66. The van der Waals surface area contributed by atoms with E-state index in [1.165, 1.54) is 7.11 Å². The van der Waals surface area contributed by atoms with E-state index in [0.29, 0.717) is 24.0 Å². The molecule has 0 spiro atoms. The molecule has 0 aliphatic heterocycles. The highest BCUT2D eigenvalue weighted by Crippen LogP contribution is 2.77. The summed E-state index contributed by atoms with van der Waals surface area (Å²) >= 11 is 0. The number of hydrogen-bond donors (Lipinski definition) is 2. The van der Waals surface area contributed by atoms with Crippen LogP contribution in [-0.2, 0) is 28.6 Å². The lowest BCUT2D eigenvalue weighted by Crippen LogP contribution is -2.66. The molecule has 37 heavy (non-hydrogen) atoms. The number of rotatable bonds is 8. The zero-order chi connectivity index (χ0) is 27.6. The van der Waals surface area contributed by atoms with Crippen LogP contribution in [0.2, 0.25) is 0 Å². The molecule has 0 radical (unpaired) electrons. The molecule has 2 saturated carbocycles. The minimum atomic E-state index is -1.57. The van der Waals surface area contributed by atoms with Gasteiger partial charge in [0.15, 0.2) is 11.4 Å². The largest absolute Gasteiger partial charge is 0.458 e. The van der Waals surface area contributed by atoms with E-state index < -0.39 is 58.0 Å². The Hall–Kier alpha value is -2.03. The summed E-state index contributed by atoms with van der Waals surface area (Å²) < 4.78 is 18.3. The molecule has 8 heteroatoms. The van der Waals surface area contributed by atoms with Crippen LogP contribution in [0.25, 0.3) is 0 Å². The molecule has 2 N–H and O–H groups in total. The van der Waals surface area contributed by atoms with Gasteiger partial charge >= 0.3 is 11.9 Å². The lowest BCUT2D eigenvalue weighted by Gasteiger charge is -2.53. The Morgan fingerprint density at radius 2 is 1.73 bits per heavy atom. The lowest BCUT2D eigenvalue weighted by molar-refractivity contribution is -0.231. The Kier molecular flexibility index (Phi) is 7.04. The Morgan fingerprint density at radius 3 is 2.30 bits per heavy atom. The molecule has 0 aromatic heterocycles. The number of Topliss-reactive ketones (excluding diaryl/α,β-unsaturated/α-hetero) is 1. The monoisotopic (exact) mass is 518 g/mol. The summed E-state index contributed by atoms with van der Waals surface area (Å²) in [4.78, 5) is 39.3. The molecule has 0 aromatic carbocycles. The highest BCUT2D eigenvalue weighted by atomic mass is 16.6. The molecule has 4 aliphatic carbocycles. The Bertz CT molecular complexity index is 1040. The third-order valence-corrected chi connectivity index (χ3v) is 9.74. The number of hydrogen-bond acceptors (Lipinski definition) is 8. The first-order valence-corrected chi connectivity index (χ1v) is 13.6. The van der Waals surface area contributed by atoms with Crippen LogP contribution in [0.15, 0.2) is 23.3 Å². The summed E-state index contributed by atoms with van der Waals surface area (Å²) in [6.45, 7) is 10.9. The number of aliphatic hydroxyl groups excluding tert-OH is 1. The van der Waals surface area contributed by atoms with Gasteiger partial charge in [0.2, 0.25) is 0 Å². The molecule has 4 rings (SSSR count). The van der Waals surface area contributed by atoms with Gasteiger partial charge in [0.25, 0.3) is 0 Å². The smallest absolute Gasteiger partial charge is 0.306 e. The molecule has 8 nitrogen and oxygen atoms in total. The maximum Gasteiger partial charge on any atom is 0.306 e. The van der Waals surface area contributed by atoms with Crippen LogP contribution in [0.1, 0.15) is 73.6 Å². The van der Waals surface area contributed by atoms with Crippen LogP contribution in [0.5, 0.6) is 0 Å². The fraction of sp³-hybridized carbons (Fsp3) is 0.759. The maximum absolute atomic E-state index is 13.5. The Morgan fingerprint density at radius 1 is 1.11 bits per heavy atom. The summed E-state index contributed by atoms with van der Waals surface area (Å²) in [6, 6.07) is 0. The first-order valence-electron chi connectivity index (χ1n) is 13.6. The SMILES string of the molecule is CCCC(=O)O[C@@H]1[C@@H](C)[C@@]2(O)[C@@H](C=C(CO)C[C@]3(OC)C(=O)C(C)=C[C@@H]23)[C@@H]2C(C)(C)[C@]12OC(=O)CCC. The number of fused-ring (bicyclic) bond motifs is 5. The van der Waals surface area contributed by atoms with Crippen molar-refractivity contribution in [1.82, 2.24) is 0 Å². The maximum atomic E-state index is 13.5. The van der Waals surface area contributed by atoms with Crippen LogP contribution in [0.4, 0.5) is 0 Å². The van der Waals surface area contributed by atoms with Crippen molar-refractivity contribution >= 4 is 17.7 Å². The Labute approximate surface area is 219 Å². The van der Waals surface area contributed by atoms with Crippen molar-refractivity contribution in [2.45, 2.75) is 96.6 Å². The quantitative estimate of drug-likeness (QED) is 0.371. The van der Waals surface area contributed by atoms with Crippen molar-refractivity contribution < 1.29 is 38.8 Å². The van der Waals surface area contributed by atoms with Gasteiger partial charge in [-0.05, 0) is 30.9 Å². The van der Waals surface area contributed by atoms with Crippen LogP contribution < -0.4 is 0 Å². The number of ketones is 1. The van der Waals surface area contributed by atoms with Gasteiger partial charge in [0.05, 0.1) is 12.2 Å². The highest BCUT2D eigenvalue weighted by Gasteiger charge is 2.88. The molecule has 0 bridgehead atoms. The molecule has 206 valence electrons. The van der Waals surface area contributed by atoms with E-state index in [9.17, 15) is 24.6 Å². The molecule has 2 fully saturated rings. The first-order chi connectivity index (χ1) is 17.3. The van der Waals surface area contributed by atoms with Gasteiger partial charge in [0.1, 0.15) is 11.7 Å². The first kappa shape index (κ1) is 28.0. The van der Waals surface area contributed by atoms with Gasteiger partial charge in [-0.3, -0.25) is 14.4 Å². The van der Waals surface area contributed by atoms with Crippen LogP contribution in [-0.4, -0.2) is 64.6 Å². The summed E-state index contributed by atoms with van der Waals surface area (Å²) in [6.07, 6.45) is 4.49. The normalized spacial score (nSPS) is 41.4. The second-order valence-corrected chi connectivity index (χ2v) is 12.0. The molecule has 8 atom stereocenters. The molecule has 0 aromatic rings. The van der Waals surface area contributed by atoms with E-state index in [-0.39, 0.29) is 37.6 Å². The Balaban J connectivity index is 1.94. The third-order valence-electron chi connectivity index (χ3n) is 9.74. The molecule has 0 unspecified atom stereocenters. The van der Waals surface area contributed by atoms with E-state index in [1.807, 2.05) is 33.8 Å². The predicted octanol–water partition coefficient (Wildman–Crippen LogP) is 3.29. The van der Waals surface area contributed by atoms with E-state index in [0.717, 1.165) is 0 Å². The van der Waals surface area contributed by atoms with Crippen molar-refractivity contribution in [2.24, 2.45) is 29.1 Å². The standard InChI is InChI=1S/C29H42O8/c1-8-10-21(31)36-25-17(4)28(34)19(23-26(5,6)29(23,25)37-22(32)11-9-2)13-18(15-30)14-27(35-7)20(28)12-16(3)24(27)33/h12-13,17,19-20,23,25,30,34H,8-11,14-15H2,1-7H3/t17-,19+,20-,23-,25-,27-,28-,29-/m1/s1. The third kappa shape index (κ3) is 3.62. The van der Waals surface area contributed by atoms with E-state index in [4.69, 9.17) is 14.2 Å². The zero-order valence-electron chi connectivity index (χ0n) is 23.1. The van der Waals surface area contributed by atoms with E-state index >= 15 is 0 Å². The van der Waals surface area contributed by atoms with E-state index in [2.05, 4.69) is 0 Å². The summed E-state index contributed by atoms with van der Waals surface area (Å²) in [5.74, 6) is -3.44. The fourth-order valence-corrected chi connectivity index (χ4v) is 7.93. The number of carbonyl (C=O) groups excluding carboxylic acids is 3. The average Bonchev–Trinajstić information content (AvgIpc) is 3.25. The van der Waals surface area contributed by atoms with Crippen molar-refractivity contribution in [3.63, 3.8) is 0 Å². The summed E-state index contributed by atoms with van der Waals surface area (Å²) in [5, 5.41) is 23.1. The molecule has 0 saturated heterocycles. The molecular weight excluding hydrogens is 476 g/mol. The molecule has 0 amide bonds. The molecule has 4 aliphatic rings. The van der Waals surface area contributed by atoms with Gasteiger partial charge in [-0.2, -0.15) is 0 Å². The number of aliphatic hydroxyl groups is 2. The van der Waals surface area contributed by atoms with Gasteiger partial charge in [-0.25, -0.2) is 0 Å². The minimum Gasteiger partial charge on any atom is -0.458 e. The van der Waals surface area contributed by atoms with E-state index in [1.54, 1.807) is 19.9 Å². The van der Waals surface area contributed by atoms with Gasteiger partial charge in [0, 0.05) is 55.5 Å². The second-order valence-electron chi connectivity index (χ2n) is 12.0. The van der Waals surface area contributed by atoms with Crippen LogP contribution >= 0.6 is 0 Å². The summed E-state index contributed by atoms with van der Waals surface area (Å²) in [7, 11) is 1.46.